The molecule has 3 rings (SSSR count). The van der Waals surface area contributed by atoms with Crippen LogP contribution in [0.2, 0.25) is 0 Å². The fraction of sp³-hybridized carbons (Fsp3) is 0.375. The summed E-state index contributed by atoms with van der Waals surface area (Å²) in [5.41, 5.74) is 1.27. The van der Waals surface area contributed by atoms with Gasteiger partial charge < -0.3 is 9.67 Å². The maximum atomic E-state index is 12.6. The van der Waals surface area contributed by atoms with Gasteiger partial charge in [0.25, 0.3) is 10.0 Å². The van der Waals surface area contributed by atoms with Gasteiger partial charge in [-0.3, -0.25) is 0 Å². The van der Waals surface area contributed by atoms with Crippen molar-refractivity contribution in [2.45, 2.75) is 17.9 Å². The zero-order valence-corrected chi connectivity index (χ0v) is 14.1. The maximum Gasteiger partial charge on any atom is 0.335 e. The van der Waals surface area contributed by atoms with Gasteiger partial charge in [-0.05, 0) is 36.5 Å². The van der Waals surface area contributed by atoms with Crippen LogP contribution in [0.4, 0.5) is 0 Å². The van der Waals surface area contributed by atoms with E-state index in [1.165, 1.54) is 16.8 Å². The topological polar surface area (TPSA) is 92.5 Å². The van der Waals surface area contributed by atoms with Gasteiger partial charge in [0.15, 0.2) is 5.03 Å². The predicted octanol–water partition coefficient (Wildman–Crippen LogP) is 1.37. The van der Waals surface area contributed by atoms with Gasteiger partial charge in [-0.25, -0.2) is 18.2 Å². The molecule has 0 radical (unpaired) electrons. The number of hydrogen-bond donors (Lipinski definition) is 1. The van der Waals surface area contributed by atoms with E-state index in [0.29, 0.717) is 13.1 Å². The molecule has 0 spiro atoms. The Labute approximate surface area is 140 Å². The first-order chi connectivity index (χ1) is 11.4. The Morgan fingerprint density at radius 3 is 2.62 bits per heavy atom. The lowest BCUT2D eigenvalue weighted by Crippen LogP contribution is -2.29. The number of sulfonamides is 1. The molecule has 2 aromatic rings. The average Bonchev–Trinajstić information content (AvgIpc) is 3.17. The highest BCUT2D eigenvalue weighted by Gasteiger charge is 2.33. The van der Waals surface area contributed by atoms with Gasteiger partial charge in [0.05, 0.1) is 11.9 Å². The molecule has 0 aliphatic carbocycles. The molecule has 1 N–H and O–H groups in total. The normalized spacial score (nSPS) is 18.8. The predicted molar refractivity (Wildman–Crippen MR) is 87.2 cm³/mol. The Morgan fingerprint density at radius 1 is 1.33 bits per heavy atom. The lowest BCUT2D eigenvalue weighted by atomic mass is 9.98. The van der Waals surface area contributed by atoms with Crippen molar-refractivity contribution in [2.24, 2.45) is 13.0 Å². The molecule has 1 atom stereocenters. The zero-order valence-electron chi connectivity index (χ0n) is 13.3. The molecule has 1 aromatic heterocycles. The van der Waals surface area contributed by atoms with Crippen LogP contribution in [0.3, 0.4) is 0 Å². The first-order valence-corrected chi connectivity index (χ1v) is 9.10. The third-order valence-corrected chi connectivity index (χ3v) is 6.01. The molecule has 1 aliphatic rings. The van der Waals surface area contributed by atoms with Crippen LogP contribution in [0.15, 0.2) is 41.8 Å². The Balaban J connectivity index is 1.66. The van der Waals surface area contributed by atoms with E-state index >= 15 is 0 Å². The number of benzene rings is 1. The maximum absolute atomic E-state index is 12.6. The molecule has 8 heteroatoms. The molecule has 0 unspecified atom stereocenters. The van der Waals surface area contributed by atoms with Gasteiger partial charge in [-0.1, -0.05) is 12.1 Å². The van der Waals surface area contributed by atoms with Crippen LogP contribution in [0, 0.1) is 5.92 Å². The SMILES string of the molecule is Cn1cnc(S(=O)(=O)N2CC[C@H](Cc3ccc(C(=O)O)cc3)C2)c1. The van der Waals surface area contributed by atoms with Gasteiger partial charge in [-0.2, -0.15) is 4.31 Å². The number of aromatic carboxylic acids is 1. The fourth-order valence-corrected chi connectivity index (χ4v) is 4.45. The molecular formula is C16H19N3O4S. The summed E-state index contributed by atoms with van der Waals surface area (Å²) >= 11 is 0. The molecule has 1 aromatic carbocycles. The molecule has 0 amide bonds. The van der Waals surface area contributed by atoms with E-state index in [9.17, 15) is 13.2 Å². The first kappa shape index (κ1) is 16.7. The van der Waals surface area contributed by atoms with E-state index in [2.05, 4.69) is 4.98 Å². The summed E-state index contributed by atoms with van der Waals surface area (Å²) in [6, 6.07) is 6.74. The quantitative estimate of drug-likeness (QED) is 0.880. The van der Waals surface area contributed by atoms with Crippen molar-refractivity contribution in [2.75, 3.05) is 13.1 Å². The molecule has 0 bridgehead atoms. The Kier molecular flexibility index (Phi) is 4.42. The summed E-state index contributed by atoms with van der Waals surface area (Å²) in [5.74, 6) is -0.728. The molecule has 128 valence electrons. The molecule has 1 aliphatic heterocycles. The number of carboxylic acids is 1. The van der Waals surface area contributed by atoms with Crippen molar-refractivity contribution < 1.29 is 18.3 Å². The van der Waals surface area contributed by atoms with Crippen molar-refractivity contribution in [3.63, 3.8) is 0 Å². The molecule has 7 nitrogen and oxygen atoms in total. The number of rotatable bonds is 5. The lowest BCUT2D eigenvalue weighted by molar-refractivity contribution is 0.0697. The number of aryl methyl sites for hydroxylation is 1. The average molecular weight is 349 g/mol. The summed E-state index contributed by atoms with van der Waals surface area (Å²) in [4.78, 5) is 14.8. The van der Waals surface area contributed by atoms with E-state index in [1.807, 2.05) is 0 Å². The Hall–Kier alpha value is -2.19. The van der Waals surface area contributed by atoms with Gasteiger partial charge in [0, 0.05) is 26.3 Å². The van der Waals surface area contributed by atoms with Crippen LogP contribution >= 0.6 is 0 Å². The van der Waals surface area contributed by atoms with Crippen LogP contribution in [-0.4, -0.2) is 46.4 Å². The minimum Gasteiger partial charge on any atom is -0.478 e. The second kappa shape index (κ2) is 6.37. The second-order valence-corrected chi connectivity index (χ2v) is 7.99. The summed E-state index contributed by atoms with van der Waals surface area (Å²) in [7, 11) is -1.80. The van der Waals surface area contributed by atoms with Crippen molar-refractivity contribution in [1.82, 2.24) is 13.9 Å². The molecule has 2 heterocycles. The summed E-state index contributed by atoms with van der Waals surface area (Å²) < 4.78 is 28.2. The van der Waals surface area contributed by atoms with Gasteiger partial charge in [0.1, 0.15) is 0 Å². The van der Waals surface area contributed by atoms with Crippen LogP contribution in [-0.2, 0) is 23.5 Å². The Morgan fingerprint density at radius 2 is 2.04 bits per heavy atom. The van der Waals surface area contributed by atoms with E-state index in [0.717, 1.165) is 18.4 Å². The number of nitrogens with zero attached hydrogens (tertiary/aromatic N) is 3. The highest BCUT2D eigenvalue weighted by molar-refractivity contribution is 7.89. The highest BCUT2D eigenvalue weighted by atomic mass is 32.2. The van der Waals surface area contributed by atoms with Gasteiger partial charge >= 0.3 is 5.97 Å². The van der Waals surface area contributed by atoms with Crippen LogP contribution in [0.5, 0.6) is 0 Å². The largest absolute Gasteiger partial charge is 0.478 e. The van der Waals surface area contributed by atoms with Crippen molar-refractivity contribution >= 4 is 16.0 Å². The molecule has 1 saturated heterocycles. The zero-order chi connectivity index (χ0) is 17.3. The molecule has 0 saturated carbocycles. The van der Waals surface area contributed by atoms with Gasteiger partial charge in [-0.15, -0.1) is 0 Å². The van der Waals surface area contributed by atoms with Crippen LogP contribution in [0.25, 0.3) is 0 Å². The minimum atomic E-state index is -3.54. The number of carbonyl (C=O) groups is 1. The molecule has 1 fully saturated rings. The van der Waals surface area contributed by atoms with E-state index in [1.54, 1.807) is 35.9 Å². The number of carboxylic acid groups (broad SMARTS) is 1. The summed E-state index contributed by atoms with van der Waals surface area (Å²) in [5, 5.41) is 8.99. The van der Waals surface area contributed by atoms with E-state index < -0.39 is 16.0 Å². The summed E-state index contributed by atoms with van der Waals surface area (Å²) in [6.07, 6.45) is 4.50. The summed E-state index contributed by atoms with van der Waals surface area (Å²) in [6.45, 7) is 0.941. The number of hydrogen-bond acceptors (Lipinski definition) is 4. The number of aromatic nitrogens is 2. The van der Waals surface area contributed by atoms with Crippen molar-refractivity contribution in [3.8, 4) is 0 Å². The Bertz CT molecular complexity index is 842. The number of imidazole rings is 1. The fourth-order valence-electron chi connectivity index (χ4n) is 2.95. The van der Waals surface area contributed by atoms with Crippen molar-refractivity contribution in [3.05, 3.63) is 47.9 Å². The smallest absolute Gasteiger partial charge is 0.335 e. The van der Waals surface area contributed by atoms with Crippen molar-refractivity contribution in [1.29, 1.82) is 0 Å². The molecule has 24 heavy (non-hydrogen) atoms. The molecular weight excluding hydrogens is 330 g/mol. The third kappa shape index (κ3) is 3.34. The van der Waals surface area contributed by atoms with E-state index in [4.69, 9.17) is 5.11 Å². The van der Waals surface area contributed by atoms with Crippen LogP contribution in [0.1, 0.15) is 22.3 Å². The third-order valence-electron chi connectivity index (χ3n) is 4.26. The van der Waals surface area contributed by atoms with E-state index in [-0.39, 0.29) is 16.5 Å². The standard InChI is InChI=1S/C16H19N3O4S/c1-18-10-15(17-11-18)24(22,23)19-7-6-13(9-19)8-12-2-4-14(5-3-12)16(20)21/h2-5,10-11,13H,6-9H2,1H3,(H,20,21)/t13-/m1/s1. The minimum absolute atomic E-state index is 0.0801. The lowest BCUT2D eigenvalue weighted by Gasteiger charge is -2.15. The highest BCUT2D eigenvalue weighted by Crippen LogP contribution is 2.26. The van der Waals surface area contributed by atoms with Crippen LogP contribution < -0.4 is 0 Å². The second-order valence-electron chi connectivity index (χ2n) is 6.10. The monoisotopic (exact) mass is 349 g/mol. The first-order valence-electron chi connectivity index (χ1n) is 7.66. The van der Waals surface area contributed by atoms with Gasteiger partial charge in [0.2, 0.25) is 0 Å².